The van der Waals surface area contributed by atoms with Gasteiger partial charge in [0.1, 0.15) is 5.82 Å². The molecular formula is C25H26N4O4. The first-order chi connectivity index (χ1) is 16.1. The lowest BCUT2D eigenvalue weighted by atomic mass is 10.2. The number of para-hydroxylation sites is 2. The van der Waals surface area contributed by atoms with Crippen LogP contribution in [-0.4, -0.2) is 43.5 Å². The Morgan fingerprint density at radius 1 is 0.909 bits per heavy atom. The number of hydrogen-bond donors (Lipinski definition) is 2. The number of urea groups is 1. The van der Waals surface area contributed by atoms with E-state index in [0.29, 0.717) is 36.0 Å². The lowest BCUT2D eigenvalue weighted by molar-refractivity contribution is 0.251. The maximum Gasteiger partial charge on any atom is 0.319 e. The van der Waals surface area contributed by atoms with E-state index in [2.05, 4.69) is 15.2 Å². The first-order valence-electron chi connectivity index (χ1n) is 10.5. The zero-order valence-corrected chi connectivity index (χ0v) is 18.8. The van der Waals surface area contributed by atoms with Gasteiger partial charge in [0.2, 0.25) is 5.75 Å². The number of methoxy groups -OCH3 is 3. The molecule has 0 atom stereocenters. The van der Waals surface area contributed by atoms with Crippen LogP contribution in [0, 0.1) is 0 Å². The van der Waals surface area contributed by atoms with E-state index < -0.39 is 0 Å². The summed E-state index contributed by atoms with van der Waals surface area (Å²) < 4.78 is 18.1. The number of anilines is 1. The van der Waals surface area contributed by atoms with Gasteiger partial charge < -0.3 is 29.4 Å². The highest BCUT2D eigenvalue weighted by atomic mass is 16.5. The number of fused-ring (bicyclic) bond motifs is 1. The van der Waals surface area contributed by atoms with Crippen LogP contribution in [0.4, 0.5) is 10.5 Å². The predicted octanol–water partition coefficient (Wildman–Crippen LogP) is 4.55. The molecule has 8 heteroatoms. The summed E-state index contributed by atoms with van der Waals surface area (Å²) in [5.41, 5.74) is 3.48. The van der Waals surface area contributed by atoms with E-state index >= 15 is 0 Å². The van der Waals surface area contributed by atoms with E-state index in [1.165, 1.54) is 21.3 Å². The fourth-order valence-corrected chi connectivity index (χ4v) is 3.72. The Bertz CT molecular complexity index is 1230. The molecule has 2 N–H and O–H groups in total. The van der Waals surface area contributed by atoms with Crippen LogP contribution in [0.3, 0.4) is 0 Å². The zero-order valence-electron chi connectivity index (χ0n) is 18.8. The van der Waals surface area contributed by atoms with Gasteiger partial charge in [0, 0.05) is 30.8 Å². The van der Waals surface area contributed by atoms with Gasteiger partial charge in [-0.15, -0.1) is 0 Å². The number of carbonyl (C=O) groups excluding carboxylic acids is 1. The van der Waals surface area contributed by atoms with Crippen molar-refractivity contribution >= 4 is 22.8 Å². The van der Waals surface area contributed by atoms with E-state index in [9.17, 15) is 4.79 Å². The van der Waals surface area contributed by atoms with Crippen molar-refractivity contribution in [3.63, 3.8) is 0 Å². The molecule has 1 heterocycles. The smallest absolute Gasteiger partial charge is 0.319 e. The van der Waals surface area contributed by atoms with Crippen LogP contribution in [0.15, 0.2) is 66.7 Å². The molecule has 3 aromatic carbocycles. The average Bonchev–Trinajstić information content (AvgIpc) is 3.22. The van der Waals surface area contributed by atoms with Crippen LogP contribution < -0.4 is 24.8 Å². The minimum absolute atomic E-state index is 0.338. The minimum Gasteiger partial charge on any atom is -0.493 e. The number of imidazole rings is 1. The van der Waals surface area contributed by atoms with Gasteiger partial charge in [-0.3, -0.25) is 0 Å². The monoisotopic (exact) mass is 446 g/mol. The van der Waals surface area contributed by atoms with Gasteiger partial charge in [-0.25, -0.2) is 9.78 Å². The van der Waals surface area contributed by atoms with Gasteiger partial charge in [-0.1, -0.05) is 42.5 Å². The number of ether oxygens (including phenoxy) is 3. The molecule has 170 valence electrons. The van der Waals surface area contributed by atoms with Gasteiger partial charge in [0.15, 0.2) is 11.5 Å². The van der Waals surface area contributed by atoms with Crippen LogP contribution in [0.5, 0.6) is 17.2 Å². The van der Waals surface area contributed by atoms with Crippen molar-refractivity contribution in [3.8, 4) is 28.6 Å². The van der Waals surface area contributed by atoms with Crippen molar-refractivity contribution in [1.82, 2.24) is 14.9 Å². The first kappa shape index (κ1) is 22.0. The molecule has 4 aromatic rings. The summed E-state index contributed by atoms with van der Waals surface area (Å²) in [7, 11) is 4.59. The second-order valence-corrected chi connectivity index (χ2v) is 7.24. The fraction of sp³-hybridized carbons (Fsp3) is 0.200. The molecule has 0 saturated heterocycles. The molecule has 4 rings (SSSR count). The number of benzene rings is 3. The van der Waals surface area contributed by atoms with Crippen LogP contribution in [-0.2, 0) is 6.54 Å². The summed E-state index contributed by atoms with van der Waals surface area (Å²) in [5, 5.41) is 5.72. The molecule has 0 aliphatic rings. The van der Waals surface area contributed by atoms with Gasteiger partial charge in [-0.2, -0.15) is 0 Å². The number of hydrogen-bond acceptors (Lipinski definition) is 5. The third kappa shape index (κ3) is 4.69. The van der Waals surface area contributed by atoms with Crippen molar-refractivity contribution in [2.24, 2.45) is 0 Å². The topological polar surface area (TPSA) is 86.6 Å². The summed E-state index contributed by atoms with van der Waals surface area (Å²) in [6, 6.07) is 21.0. The van der Waals surface area contributed by atoms with Crippen LogP contribution in [0.25, 0.3) is 22.4 Å². The number of aromatic nitrogens is 2. The summed E-state index contributed by atoms with van der Waals surface area (Å²) in [4.78, 5) is 17.4. The van der Waals surface area contributed by atoms with Crippen molar-refractivity contribution in [3.05, 3.63) is 66.7 Å². The molecule has 0 aliphatic carbocycles. The molecule has 0 saturated carbocycles. The summed E-state index contributed by atoms with van der Waals surface area (Å²) in [5.74, 6) is 2.25. The molecular weight excluding hydrogens is 420 g/mol. The Morgan fingerprint density at radius 3 is 2.24 bits per heavy atom. The van der Waals surface area contributed by atoms with Crippen molar-refractivity contribution < 1.29 is 19.0 Å². The Morgan fingerprint density at radius 2 is 1.58 bits per heavy atom. The van der Waals surface area contributed by atoms with E-state index in [-0.39, 0.29) is 6.03 Å². The number of nitrogens with zero attached hydrogens (tertiary/aromatic N) is 2. The number of nitrogens with one attached hydrogen (secondary N) is 2. The highest BCUT2D eigenvalue weighted by Gasteiger charge is 2.15. The standard InChI is InChI=1S/C25H26N4O4/c1-31-21-15-18(16-22(32-2)23(21)33-3)27-25(30)26-13-14-29-20-12-8-7-11-19(20)28-24(29)17-9-5-4-6-10-17/h4-12,15-16H,13-14H2,1-3H3,(H2,26,27,30). The van der Waals surface area contributed by atoms with E-state index in [0.717, 1.165) is 22.4 Å². The molecule has 8 nitrogen and oxygen atoms in total. The van der Waals surface area contributed by atoms with Gasteiger partial charge in [-0.05, 0) is 12.1 Å². The predicted molar refractivity (Wildman–Crippen MR) is 128 cm³/mol. The van der Waals surface area contributed by atoms with Crippen molar-refractivity contribution in [2.75, 3.05) is 33.2 Å². The van der Waals surface area contributed by atoms with Crippen LogP contribution >= 0.6 is 0 Å². The Kier molecular flexibility index (Phi) is 6.64. The van der Waals surface area contributed by atoms with E-state index in [1.807, 2.05) is 54.6 Å². The van der Waals surface area contributed by atoms with Gasteiger partial charge in [0.25, 0.3) is 0 Å². The number of amides is 2. The second kappa shape index (κ2) is 9.95. The molecule has 0 bridgehead atoms. The van der Waals surface area contributed by atoms with E-state index in [4.69, 9.17) is 19.2 Å². The highest BCUT2D eigenvalue weighted by Crippen LogP contribution is 2.39. The van der Waals surface area contributed by atoms with Gasteiger partial charge in [0.05, 0.1) is 38.1 Å². The lowest BCUT2D eigenvalue weighted by Gasteiger charge is -2.15. The van der Waals surface area contributed by atoms with E-state index in [1.54, 1.807) is 12.1 Å². The summed E-state index contributed by atoms with van der Waals surface area (Å²) >= 11 is 0. The minimum atomic E-state index is -0.338. The number of carbonyl (C=O) groups is 1. The zero-order chi connectivity index (χ0) is 23.2. The molecule has 0 radical (unpaired) electrons. The molecule has 1 aromatic heterocycles. The molecule has 33 heavy (non-hydrogen) atoms. The molecule has 0 aliphatic heterocycles. The fourth-order valence-electron chi connectivity index (χ4n) is 3.72. The second-order valence-electron chi connectivity index (χ2n) is 7.24. The Balaban J connectivity index is 1.48. The lowest BCUT2D eigenvalue weighted by Crippen LogP contribution is -2.31. The highest BCUT2D eigenvalue weighted by molar-refractivity contribution is 5.90. The normalized spacial score (nSPS) is 10.6. The number of rotatable bonds is 8. The quantitative estimate of drug-likeness (QED) is 0.415. The Hall–Kier alpha value is -4.20. The average molecular weight is 447 g/mol. The van der Waals surface area contributed by atoms with Gasteiger partial charge >= 0.3 is 6.03 Å². The van der Waals surface area contributed by atoms with Crippen molar-refractivity contribution in [2.45, 2.75) is 6.54 Å². The van der Waals surface area contributed by atoms with Crippen LogP contribution in [0.1, 0.15) is 0 Å². The molecule has 0 spiro atoms. The van der Waals surface area contributed by atoms with Crippen molar-refractivity contribution in [1.29, 1.82) is 0 Å². The first-order valence-corrected chi connectivity index (χ1v) is 10.5. The third-order valence-corrected chi connectivity index (χ3v) is 5.23. The molecule has 0 unspecified atom stereocenters. The SMILES string of the molecule is COc1cc(NC(=O)NCCn2c(-c3ccccc3)nc3ccccc32)cc(OC)c1OC. The largest absolute Gasteiger partial charge is 0.493 e. The maximum atomic E-state index is 12.6. The molecule has 0 fully saturated rings. The Labute approximate surface area is 192 Å². The maximum absolute atomic E-state index is 12.6. The van der Waals surface area contributed by atoms with Crippen LogP contribution in [0.2, 0.25) is 0 Å². The summed E-state index contributed by atoms with van der Waals surface area (Å²) in [6.07, 6.45) is 0. The molecule has 2 amide bonds. The third-order valence-electron chi connectivity index (χ3n) is 5.23. The summed E-state index contributed by atoms with van der Waals surface area (Å²) in [6.45, 7) is 0.976.